The molecule has 42 heavy (non-hydrogen) atoms. The molecule has 0 aromatic carbocycles. The van der Waals surface area contributed by atoms with Gasteiger partial charge in [0.15, 0.2) is 0 Å². The maximum atomic E-state index is 11.5. The van der Waals surface area contributed by atoms with Crippen molar-refractivity contribution in [3.63, 3.8) is 0 Å². The van der Waals surface area contributed by atoms with Crippen molar-refractivity contribution in [2.75, 3.05) is 26.2 Å². The van der Waals surface area contributed by atoms with Gasteiger partial charge in [-0.15, -0.1) is 0 Å². The highest BCUT2D eigenvalue weighted by Gasteiger charge is 2.31. The zero-order valence-electron chi connectivity index (χ0n) is 27.7. The van der Waals surface area contributed by atoms with Gasteiger partial charge < -0.3 is 19.8 Å². The predicted octanol–water partition coefficient (Wildman–Crippen LogP) is 8.95. The van der Waals surface area contributed by atoms with E-state index < -0.39 is 35.7 Å². The molecule has 3 N–H and O–H groups in total. The Hall–Kier alpha value is -1.89. The molecular weight excluding hydrogens is 530 g/mol. The number of hydrogen-bond donors (Lipinski definition) is 3. The van der Waals surface area contributed by atoms with Crippen LogP contribution in [0.4, 0.5) is 0 Å². The van der Waals surface area contributed by atoms with Crippen LogP contribution in [0.25, 0.3) is 0 Å². The quantitative estimate of drug-likeness (QED) is 0.0433. The first-order valence-corrected chi connectivity index (χ1v) is 17.2. The first-order valence-electron chi connectivity index (χ1n) is 17.2. The van der Waals surface area contributed by atoms with Crippen LogP contribution >= 0.6 is 0 Å². The Balaban J connectivity index is 4.47. The summed E-state index contributed by atoms with van der Waals surface area (Å²) in [5, 5.41) is 28.3. The second-order valence-corrected chi connectivity index (χ2v) is 13.0. The number of carboxylic acid groups (broad SMARTS) is 3. The van der Waals surface area contributed by atoms with Crippen LogP contribution in [0, 0.1) is 17.8 Å². The molecule has 0 saturated carbocycles. The second kappa shape index (κ2) is 25.6. The standard InChI is InChI=1S/C35H65NO6/c1-5-6-7-8-9-10-11-12-13-14-15-16-17-18-19-20-21-22-26-36(27-23-30(2)33(37)38,28-24-31(3)34(39)40)29-25-32(4)35(41)42/h5-6,30-32H,7-29H2,1-4H3,(H2-,37,38,39,40,41,42)/p+1/b6-5+. The molecule has 246 valence electrons. The lowest BCUT2D eigenvalue weighted by molar-refractivity contribution is -0.929. The van der Waals surface area contributed by atoms with Crippen LogP contribution in [0.3, 0.4) is 0 Å². The van der Waals surface area contributed by atoms with E-state index in [0.717, 1.165) is 19.4 Å². The Kier molecular flexibility index (Phi) is 24.4. The number of carboxylic acids is 3. The minimum atomic E-state index is -0.822. The van der Waals surface area contributed by atoms with Crippen molar-refractivity contribution in [1.29, 1.82) is 0 Å². The maximum absolute atomic E-state index is 11.5. The molecule has 3 unspecified atom stereocenters. The van der Waals surface area contributed by atoms with Gasteiger partial charge in [-0.2, -0.15) is 0 Å². The van der Waals surface area contributed by atoms with Gasteiger partial charge in [-0.05, 0) is 32.6 Å². The van der Waals surface area contributed by atoms with Crippen molar-refractivity contribution >= 4 is 17.9 Å². The first-order chi connectivity index (χ1) is 20.0. The summed E-state index contributed by atoms with van der Waals surface area (Å²) < 4.78 is 0.614. The molecule has 0 saturated heterocycles. The van der Waals surface area contributed by atoms with Gasteiger partial charge in [0.05, 0.1) is 43.9 Å². The van der Waals surface area contributed by atoms with Gasteiger partial charge in [-0.3, -0.25) is 14.4 Å². The van der Waals surface area contributed by atoms with Gasteiger partial charge in [-0.25, -0.2) is 0 Å². The summed E-state index contributed by atoms with van der Waals surface area (Å²) >= 11 is 0. The van der Waals surface area contributed by atoms with Crippen molar-refractivity contribution in [3.05, 3.63) is 12.2 Å². The van der Waals surface area contributed by atoms with Crippen LogP contribution in [0.2, 0.25) is 0 Å². The van der Waals surface area contributed by atoms with Crippen molar-refractivity contribution < 1.29 is 34.2 Å². The Morgan fingerprint density at radius 2 is 0.786 bits per heavy atom. The third-order valence-electron chi connectivity index (χ3n) is 9.11. The summed E-state index contributed by atoms with van der Waals surface area (Å²) in [7, 11) is 0. The van der Waals surface area contributed by atoms with E-state index in [4.69, 9.17) is 0 Å². The number of carbonyl (C=O) groups is 3. The van der Waals surface area contributed by atoms with Gasteiger partial charge in [-0.1, -0.05) is 110 Å². The van der Waals surface area contributed by atoms with E-state index in [0.29, 0.717) is 43.4 Å². The van der Waals surface area contributed by atoms with Crippen LogP contribution in [-0.2, 0) is 14.4 Å². The van der Waals surface area contributed by atoms with E-state index in [9.17, 15) is 29.7 Å². The summed E-state index contributed by atoms with van der Waals surface area (Å²) in [6, 6.07) is 0. The largest absolute Gasteiger partial charge is 0.481 e. The van der Waals surface area contributed by atoms with E-state index in [-0.39, 0.29) is 0 Å². The van der Waals surface area contributed by atoms with Gasteiger partial charge in [0.1, 0.15) is 0 Å². The minimum Gasteiger partial charge on any atom is -0.481 e. The number of rotatable bonds is 30. The molecule has 0 aliphatic heterocycles. The molecule has 0 radical (unpaired) electrons. The number of hydrogen-bond acceptors (Lipinski definition) is 3. The van der Waals surface area contributed by atoms with Crippen molar-refractivity contribution in [1.82, 2.24) is 0 Å². The zero-order valence-corrected chi connectivity index (χ0v) is 27.7. The fourth-order valence-corrected chi connectivity index (χ4v) is 5.62. The van der Waals surface area contributed by atoms with Crippen molar-refractivity contribution in [2.45, 2.75) is 150 Å². The predicted molar refractivity (Wildman–Crippen MR) is 173 cm³/mol. The molecule has 0 spiro atoms. The monoisotopic (exact) mass is 596 g/mol. The van der Waals surface area contributed by atoms with Crippen molar-refractivity contribution in [2.24, 2.45) is 17.8 Å². The summed E-state index contributed by atoms with van der Waals surface area (Å²) in [5.74, 6) is -3.90. The van der Waals surface area contributed by atoms with E-state index in [1.165, 1.54) is 89.9 Å². The molecule has 0 heterocycles. The third kappa shape index (κ3) is 21.8. The lowest BCUT2D eigenvalue weighted by Crippen LogP contribution is -2.52. The molecule has 0 rings (SSSR count). The van der Waals surface area contributed by atoms with Crippen LogP contribution < -0.4 is 0 Å². The Bertz CT molecular complexity index is 677. The number of unbranched alkanes of at least 4 members (excludes halogenated alkanes) is 15. The second-order valence-electron chi connectivity index (χ2n) is 13.0. The normalized spacial score (nSPS) is 15.3. The summed E-state index contributed by atoms with van der Waals surface area (Å²) in [5.41, 5.74) is 0. The van der Waals surface area contributed by atoms with Crippen LogP contribution in [-0.4, -0.2) is 63.9 Å². The van der Waals surface area contributed by atoms with Crippen LogP contribution in [0.15, 0.2) is 12.2 Å². The smallest absolute Gasteiger partial charge is 0.306 e. The van der Waals surface area contributed by atoms with Crippen LogP contribution in [0.1, 0.15) is 150 Å². The lowest BCUT2D eigenvalue weighted by Gasteiger charge is -2.40. The zero-order chi connectivity index (χ0) is 31.6. The molecule has 0 bridgehead atoms. The molecule has 7 heteroatoms. The Labute approximate surface area is 257 Å². The fourth-order valence-electron chi connectivity index (χ4n) is 5.62. The molecule has 0 amide bonds. The third-order valence-corrected chi connectivity index (χ3v) is 9.11. The molecule has 3 atom stereocenters. The average Bonchev–Trinajstić information content (AvgIpc) is 2.96. The van der Waals surface area contributed by atoms with E-state index in [2.05, 4.69) is 19.1 Å². The maximum Gasteiger partial charge on any atom is 0.306 e. The number of allylic oxidation sites excluding steroid dienone is 2. The molecule has 0 aliphatic rings. The van der Waals surface area contributed by atoms with Crippen LogP contribution in [0.5, 0.6) is 0 Å². The molecule has 7 nitrogen and oxygen atoms in total. The number of quaternary nitrogens is 1. The lowest BCUT2D eigenvalue weighted by atomic mass is 10.0. The minimum absolute atomic E-state index is 0.477. The Morgan fingerprint density at radius 3 is 1.07 bits per heavy atom. The van der Waals surface area contributed by atoms with Gasteiger partial charge >= 0.3 is 17.9 Å². The number of nitrogens with zero attached hydrogens (tertiary/aromatic N) is 1. The molecular formula is C35H66NO6+. The molecule has 0 aromatic heterocycles. The average molecular weight is 597 g/mol. The highest BCUT2D eigenvalue weighted by molar-refractivity contribution is 5.70. The van der Waals surface area contributed by atoms with E-state index in [1.54, 1.807) is 20.8 Å². The highest BCUT2D eigenvalue weighted by atomic mass is 16.4. The molecule has 0 aliphatic carbocycles. The van der Waals surface area contributed by atoms with Gasteiger partial charge in [0.25, 0.3) is 0 Å². The molecule has 0 fully saturated rings. The first kappa shape index (κ1) is 40.1. The topological polar surface area (TPSA) is 112 Å². The number of aliphatic carboxylic acids is 3. The van der Waals surface area contributed by atoms with Gasteiger partial charge in [0, 0.05) is 19.3 Å². The molecule has 0 aromatic rings. The van der Waals surface area contributed by atoms with Crippen molar-refractivity contribution in [3.8, 4) is 0 Å². The SMILES string of the molecule is C/C=C/CCCCCCCCCCCCCCCCC[N+](CCC(C)C(=O)O)(CCC(C)C(=O)O)CCC(C)C(=O)O. The van der Waals surface area contributed by atoms with Gasteiger partial charge in [0.2, 0.25) is 0 Å². The van der Waals surface area contributed by atoms with E-state index >= 15 is 0 Å². The summed E-state index contributed by atoms with van der Waals surface area (Å²) in [4.78, 5) is 34.5. The fraction of sp³-hybridized carbons (Fsp3) is 0.857. The summed E-state index contributed by atoms with van der Waals surface area (Å²) in [6.07, 6.45) is 26.5. The Morgan fingerprint density at radius 1 is 0.500 bits per heavy atom. The summed E-state index contributed by atoms with van der Waals surface area (Å²) in [6.45, 7) is 10.0. The highest BCUT2D eigenvalue weighted by Crippen LogP contribution is 2.22. The van der Waals surface area contributed by atoms with E-state index in [1.807, 2.05) is 0 Å².